The summed E-state index contributed by atoms with van der Waals surface area (Å²) in [6.45, 7) is 4.07. The Morgan fingerprint density at radius 2 is 2.29 bits per heavy atom. The van der Waals surface area contributed by atoms with E-state index in [-0.39, 0.29) is 5.28 Å². The summed E-state index contributed by atoms with van der Waals surface area (Å²) in [6.07, 6.45) is 3.21. The average molecular weight is 255 g/mol. The number of nitrogens with zero attached hydrogens (tertiary/aromatic N) is 6. The lowest BCUT2D eigenvalue weighted by molar-refractivity contribution is 0.238. The molecule has 0 N–H and O–H groups in total. The standard InChI is InChI=1S/C9H11ClN6O/c1-6(2)3-7-13-8(10)16(14-7)9(17)15-5-11-4-12-15/h4-6H,3H2,1-2H3. The molecule has 0 radical (unpaired) electrons. The van der Waals surface area contributed by atoms with Gasteiger partial charge in [-0.1, -0.05) is 13.8 Å². The highest BCUT2D eigenvalue weighted by Gasteiger charge is 2.17. The normalized spacial score (nSPS) is 11.1. The van der Waals surface area contributed by atoms with Crippen LogP contribution in [0.1, 0.15) is 19.7 Å². The van der Waals surface area contributed by atoms with Crippen LogP contribution in [0.15, 0.2) is 12.7 Å². The molecule has 0 aliphatic rings. The summed E-state index contributed by atoms with van der Waals surface area (Å²) in [4.78, 5) is 19.6. The quantitative estimate of drug-likeness (QED) is 0.806. The van der Waals surface area contributed by atoms with Gasteiger partial charge in [0.2, 0.25) is 5.28 Å². The minimum absolute atomic E-state index is 0.0288. The van der Waals surface area contributed by atoms with Gasteiger partial charge in [0.05, 0.1) is 0 Å². The molecule has 0 unspecified atom stereocenters. The van der Waals surface area contributed by atoms with E-state index in [1.807, 2.05) is 13.8 Å². The van der Waals surface area contributed by atoms with Crippen LogP contribution in [0.25, 0.3) is 0 Å². The number of halogens is 1. The van der Waals surface area contributed by atoms with Gasteiger partial charge in [-0.05, 0) is 17.5 Å². The Morgan fingerprint density at radius 1 is 1.53 bits per heavy atom. The highest BCUT2D eigenvalue weighted by molar-refractivity contribution is 6.29. The lowest BCUT2D eigenvalue weighted by Crippen LogP contribution is -2.21. The SMILES string of the molecule is CC(C)Cc1nc(Cl)n(C(=O)n2cncn2)n1. The van der Waals surface area contributed by atoms with Crippen molar-refractivity contribution in [1.82, 2.24) is 29.5 Å². The first-order valence-electron chi connectivity index (χ1n) is 5.08. The average Bonchev–Trinajstić information content (AvgIpc) is 2.85. The molecule has 0 aromatic carbocycles. The zero-order valence-electron chi connectivity index (χ0n) is 9.41. The van der Waals surface area contributed by atoms with Gasteiger partial charge in [0.25, 0.3) is 0 Å². The molecule has 0 bridgehead atoms. The van der Waals surface area contributed by atoms with E-state index in [1.165, 1.54) is 12.7 Å². The van der Waals surface area contributed by atoms with Gasteiger partial charge in [-0.25, -0.2) is 14.8 Å². The molecule has 2 heterocycles. The molecule has 2 rings (SSSR count). The van der Waals surface area contributed by atoms with Crippen molar-refractivity contribution in [2.45, 2.75) is 20.3 Å². The van der Waals surface area contributed by atoms with Crippen molar-refractivity contribution in [2.75, 3.05) is 0 Å². The van der Waals surface area contributed by atoms with Crippen LogP contribution in [0, 0.1) is 5.92 Å². The van der Waals surface area contributed by atoms with Crippen molar-refractivity contribution < 1.29 is 4.79 Å². The van der Waals surface area contributed by atoms with Gasteiger partial charge in [-0.15, -0.1) is 9.78 Å². The minimum Gasteiger partial charge on any atom is -0.243 e. The van der Waals surface area contributed by atoms with Crippen LogP contribution < -0.4 is 0 Å². The molecule has 90 valence electrons. The van der Waals surface area contributed by atoms with Gasteiger partial charge in [0, 0.05) is 6.42 Å². The third-order valence-electron chi connectivity index (χ3n) is 2.00. The minimum atomic E-state index is -0.505. The molecule has 0 fully saturated rings. The van der Waals surface area contributed by atoms with Crippen LogP contribution in [0.3, 0.4) is 0 Å². The van der Waals surface area contributed by atoms with Crippen LogP contribution in [-0.2, 0) is 6.42 Å². The van der Waals surface area contributed by atoms with E-state index < -0.39 is 6.03 Å². The van der Waals surface area contributed by atoms with Crippen molar-refractivity contribution in [3.05, 3.63) is 23.8 Å². The molecule has 0 saturated heterocycles. The van der Waals surface area contributed by atoms with Gasteiger partial charge < -0.3 is 0 Å². The zero-order chi connectivity index (χ0) is 12.4. The molecule has 8 heteroatoms. The number of rotatable bonds is 2. The molecule has 0 amide bonds. The Labute approximate surface area is 102 Å². The maximum atomic E-state index is 11.9. The summed E-state index contributed by atoms with van der Waals surface area (Å²) in [5.41, 5.74) is 0. The lowest BCUT2D eigenvalue weighted by Gasteiger charge is -1.99. The summed E-state index contributed by atoms with van der Waals surface area (Å²) in [7, 11) is 0. The van der Waals surface area contributed by atoms with Crippen LogP contribution in [0.4, 0.5) is 4.79 Å². The third kappa shape index (κ3) is 2.50. The Hall–Kier alpha value is -1.76. The molecular formula is C9H11ClN6O. The zero-order valence-corrected chi connectivity index (χ0v) is 10.2. The monoisotopic (exact) mass is 254 g/mol. The highest BCUT2D eigenvalue weighted by Crippen LogP contribution is 2.09. The molecule has 7 nitrogen and oxygen atoms in total. The second-order valence-electron chi connectivity index (χ2n) is 3.93. The van der Waals surface area contributed by atoms with Gasteiger partial charge in [-0.3, -0.25) is 0 Å². The van der Waals surface area contributed by atoms with Crippen molar-refractivity contribution in [3.63, 3.8) is 0 Å². The molecule has 2 aromatic heterocycles. The Bertz CT molecular complexity index is 518. The summed E-state index contributed by atoms with van der Waals surface area (Å²) >= 11 is 5.85. The smallest absolute Gasteiger partial charge is 0.243 e. The van der Waals surface area contributed by atoms with E-state index >= 15 is 0 Å². The van der Waals surface area contributed by atoms with Crippen molar-refractivity contribution >= 4 is 17.6 Å². The Balaban J connectivity index is 2.27. The summed E-state index contributed by atoms with van der Waals surface area (Å²) in [6, 6.07) is -0.505. The molecule has 0 atom stereocenters. The molecule has 17 heavy (non-hydrogen) atoms. The molecule has 0 spiro atoms. The molecule has 0 saturated carbocycles. The molecule has 0 aliphatic carbocycles. The second kappa shape index (κ2) is 4.62. The summed E-state index contributed by atoms with van der Waals surface area (Å²) in [5.74, 6) is 0.932. The first-order valence-corrected chi connectivity index (χ1v) is 5.46. The van der Waals surface area contributed by atoms with E-state index in [0.29, 0.717) is 18.2 Å². The number of carbonyl (C=O) groups excluding carboxylic acids is 1. The van der Waals surface area contributed by atoms with E-state index in [2.05, 4.69) is 20.2 Å². The van der Waals surface area contributed by atoms with Crippen molar-refractivity contribution in [2.24, 2.45) is 5.92 Å². The summed E-state index contributed by atoms with van der Waals surface area (Å²) in [5, 5.41) is 7.78. The van der Waals surface area contributed by atoms with Gasteiger partial charge in [-0.2, -0.15) is 9.78 Å². The highest BCUT2D eigenvalue weighted by atomic mass is 35.5. The molecule has 0 aliphatic heterocycles. The Kier molecular flexibility index (Phi) is 3.19. The third-order valence-corrected chi connectivity index (χ3v) is 2.24. The van der Waals surface area contributed by atoms with Crippen LogP contribution >= 0.6 is 11.6 Å². The fourth-order valence-corrected chi connectivity index (χ4v) is 1.52. The topological polar surface area (TPSA) is 78.5 Å². The Morgan fingerprint density at radius 3 is 2.88 bits per heavy atom. The first-order chi connectivity index (χ1) is 8.08. The maximum absolute atomic E-state index is 11.9. The van der Waals surface area contributed by atoms with E-state index in [1.54, 1.807) is 0 Å². The van der Waals surface area contributed by atoms with Crippen molar-refractivity contribution in [3.8, 4) is 0 Å². The van der Waals surface area contributed by atoms with Crippen LogP contribution in [0.2, 0.25) is 5.28 Å². The maximum Gasteiger partial charge on any atom is 0.373 e. The van der Waals surface area contributed by atoms with Crippen LogP contribution in [0.5, 0.6) is 0 Å². The number of aromatic nitrogens is 6. The predicted octanol–water partition coefficient (Wildman–Crippen LogP) is 1.24. The number of carbonyl (C=O) groups is 1. The van der Waals surface area contributed by atoms with E-state index in [0.717, 1.165) is 9.36 Å². The van der Waals surface area contributed by atoms with Crippen LogP contribution in [-0.4, -0.2) is 35.6 Å². The van der Waals surface area contributed by atoms with Crippen molar-refractivity contribution in [1.29, 1.82) is 0 Å². The molecular weight excluding hydrogens is 244 g/mol. The van der Waals surface area contributed by atoms with E-state index in [4.69, 9.17) is 11.6 Å². The fourth-order valence-electron chi connectivity index (χ4n) is 1.31. The number of hydrogen-bond acceptors (Lipinski definition) is 5. The molecule has 2 aromatic rings. The fraction of sp³-hybridized carbons (Fsp3) is 0.444. The van der Waals surface area contributed by atoms with E-state index in [9.17, 15) is 4.79 Å². The van der Waals surface area contributed by atoms with Gasteiger partial charge in [0.1, 0.15) is 12.7 Å². The largest absolute Gasteiger partial charge is 0.373 e. The second-order valence-corrected chi connectivity index (χ2v) is 4.27. The first kappa shape index (κ1) is 11.7. The summed E-state index contributed by atoms with van der Waals surface area (Å²) < 4.78 is 2.05. The number of hydrogen-bond donors (Lipinski definition) is 0. The lowest BCUT2D eigenvalue weighted by atomic mass is 10.1. The van der Waals surface area contributed by atoms with Gasteiger partial charge in [0.15, 0.2) is 5.82 Å². The predicted molar refractivity (Wildman–Crippen MR) is 59.8 cm³/mol. The van der Waals surface area contributed by atoms with Gasteiger partial charge >= 0.3 is 6.03 Å².